The van der Waals surface area contributed by atoms with Crippen molar-refractivity contribution < 1.29 is 13.9 Å². The predicted octanol–water partition coefficient (Wildman–Crippen LogP) is 1.66. The van der Waals surface area contributed by atoms with E-state index in [2.05, 4.69) is 0 Å². The van der Waals surface area contributed by atoms with Crippen molar-refractivity contribution in [1.82, 2.24) is 0 Å². The van der Waals surface area contributed by atoms with E-state index in [1.54, 1.807) is 6.92 Å². The lowest BCUT2D eigenvalue weighted by Crippen LogP contribution is -2.08. The van der Waals surface area contributed by atoms with Gasteiger partial charge in [-0.25, -0.2) is 8.78 Å². The van der Waals surface area contributed by atoms with Crippen LogP contribution in [0.15, 0.2) is 0 Å². The van der Waals surface area contributed by atoms with Gasteiger partial charge in [0, 0.05) is 13.0 Å². The van der Waals surface area contributed by atoms with Gasteiger partial charge in [-0.1, -0.05) is 13.3 Å². The van der Waals surface area contributed by atoms with Gasteiger partial charge < -0.3 is 5.11 Å². The summed E-state index contributed by atoms with van der Waals surface area (Å²) in [6, 6.07) is 0. The minimum Gasteiger partial charge on any atom is -0.396 e. The number of hydrogen-bond donors (Lipinski definition) is 1. The minimum absolute atomic E-state index is 0.124. The number of aliphatic hydroxyl groups is 1. The van der Waals surface area contributed by atoms with Crippen LogP contribution in [-0.4, -0.2) is 18.1 Å². The van der Waals surface area contributed by atoms with Crippen LogP contribution in [0.25, 0.3) is 0 Å². The van der Waals surface area contributed by atoms with E-state index in [-0.39, 0.29) is 18.9 Å². The summed E-state index contributed by atoms with van der Waals surface area (Å²) in [5, 5.41) is 8.44. The summed E-state index contributed by atoms with van der Waals surface area (Å²) in [5.41, 5.74) is 0. The molecule has 1 atom stereocenters. The molecule has 0 rings (SSSR count). The molecule has 9 heavy (non-hydrogen) atoms. The van der Waals surface area contributed by atoms with Gasteiger partial charge in [0.2, 0.25) is 6.43 Å². The van der Waals surface area contributed by atoms with E-state index in [0.717, 1.165) is 0 Å². The first-order valence-corrected chi connectivity index (χ1v) is 3.09. The Morgan fingerprint density at radius 1 is 1.44 bits per heavy atom. The fourth-order valence-electron chi connectivity index (χ4n) is 0.622. The van der Waals surface area contributed by atoms with Gasteiger partial charge in [0.05, 0.1) is 0 Å². The van der Waals surface area contributed by atoms with Crippen LogP contribution in [0.4, 0.5) is 8.78 Å². The lowest BCUT2D eigenvalue weighted by atomic mass is 10.0. The lowest BCUT2D eigenvalue weighted by Gasteiger charge is -2.08. The van der Waals surface area contributed by atoms with Crippen LogP contribution in [-0.2, 0) is 0 Å². The van der Waals surface area contributed by atoms with E-state index in [1.165, 1.54) is 0 Å². The van der Waals surface area contributed by atoms with Gasteiger partial charge in [0.25, 0.3) is 0 Å². The predicted molar refractivity (Wildman–Crippen MR) is 31.5 cm³/mol. The summed E-state index contributed by atoms with van der Waals surface area (Å²) >= 11 is 0. The second kappa shape index (κ2) is 4.68. The van der Waals surface area contributed by atoms with Crippen LogP contribution >= 0.6 is 0 Å². The molecule has 1 nitrogen and oxygen atoms in total. The van der Waals surface area contributed by atoms with Gasteiger partial charge in [-0.05, 0) is 5.92 Å². The number of aliphatic hydroxyl groups excluding tert-OH is 1. The molecule has 0 amide bonds. The standard InChI is InChI=1S/C6H12F2O/c1-2-5(4-9)3-6(7)8/h5-6,9H,2-4H2,1H3/t5-/m1/s1. The van der Waals surface area contributed by atoms with E-state index < -0.39 is 6.43 Å². The maximum Gasteiger partial charge on any atom is 0.239 e. The van der Waals surface area contributed by atoms with Crippen molar-refractivity contribution in [2.75, 3.05) is 6.61 Å². The topological polar surface area (TPSA) is 20.2 Å². The van der Waals surface area contributed by atoms with E-state index in [4.69, 9.17) is 5.11 Å². The zero-order valence-electron chi connectivity index (χ0n) is 5.48. The monoisotopic (exact) mass is 138 g/mol. The second-order valence-electron chi connectivity index (χ2n) is 2.08. The largest absolute Gasteiger partial charge is 0.396 e. The molecule has 0 bridgehead atoms. The van der Waals surface area contributed by atoms with E-state index in [0.29, 0.717) is 6.42 Å². The number of alkyl halides is 2. The SMILES string of the molecule is CC[C@@H](CO)CC(F)F. The molecule has 0 aliphatic rings. The van der Waals surface area contributed by atoms with Crippen molar-refractivity contribution in [2.24, 2.45) is 5.92 Å². The highest BCUT2D eigenvalue weighted by molar-refractivity contribution is 4.55. The first-order chi connectivity index (χ1) is 4.20. The fourth-order valence-corrected chi connectivity index (χ4v) is 0.622. The van der Waals surface area contributed by atoms with E-state index >= 15 is 0 Å². The van der Waals surface area contributed by atoms with Crippen LogP contribution in [0, 0.1) is 5.92 Å². The number of hydrogen-bond acceptors (Lipinski definition) is 1. The summed E-state index contributed by atoms with van der Waals surface area (Å²) in [6.07, 6.45) is -1.82. The minimum atomic E-state index is -2.28. The van der Waals surface area contributed by atoms with E-state index in [1.807, 2.05) is 0 Å². The highest BCUT2D eigenvalue weighted by Crippen LogP contribution is 2.12. The maximum atomic E-state index is 11.5. The smallest absolute Gasteiger partial charge is 0.239 e. The molecular formula is C6H12F2O. The van der Waals surface area contributed by atoms with Crippen molar-refractivity contribution in [3.05, 3.63) is 0 Å². The van der Waals surface area contributed by atoms with Crippen LogP contribution in [0.3, 0.4) is 0 Å². The Morgan fingerprint density at radius 3 is 2.11 bits per heavy atom. The molecule has 0 aliphatic carbocycles. The van der Waals surface area contributed by atoms with Crippen LogP contribution in [0.1, 0.15) is 19.8 Å². The molecule has 0 fully saturated rings. The van der Waals surface area contributed by atoms with Gasteiger partial charge in [-0.15, -0.1) is 0 Å². The summed E-state index contributed by atoms with van der Waals surface area (Å²) in [4.78, 5) is 0. The number of halogens is 2. The molecule has 0 unspecified atom stereocenters. The quantitative estimate of drug-likeness (QED) is 0.626. The third-order valence-corrected chi connectivity index (χ3v) is 1.35. The van der Waals surface area contributed by atoms with Gasteiger partial charge in [0.15, 0.2) is 0 Å². The third-order valence-electron chi connectivity index (χ3n) is 1.35. The Hall–Kier alpha value is -0.180. The first-order valence-electron chi connectivity index (χ1n) is 3.09. The summed E-state index contributed by atoms with van der Waals surface area (Å²) in [6.45, 7) is 1.67. The average molecular weight is 138 g/mol. The van der Waals surface area contributed by atoms with Crippen molar-refractivity contribution >= 4 is 0 Å². The van der Waals surface area contributed by atoms with Crippen molar-refractivity contribution in [2.45, 2.75) is 26.2 Å². The van der Waals surface area contributed by atoms with Gasteiger partial charge >= 0.3 is 0 Å². The Labute approximate surface area is 53.7 Å². The molecule has 0 saturated carbocycles. The summed E-state index contributed by atoms with van der Waals surface area (Å²) in [7, 11) is 0. The molecule has 1 N–H and O–H groups in total. The second-order valence-corrected chi connectivity index (χ2v) is 2.08. The van der Waals surface area contributed by atoms with Crippen LogP contribution < -0.4 is 0 Å². The molecule has 0 radical (unpaired) electrons. The molecule has 0 saturated heterocycles. The highest BCUT2D eigenvalue weighted by atomic mass is 19.3. The molecular weight excluding hydrogens is 126 g/mol. The van der Waals surface area contributed by atoms with Crippen molar-refractivity contribution in [3.8, 4) is 0 Å². The van der Waals surface area contributed by atoms with Crippen LogP contribution in [0.2, 0.25) is 0 Å². The summed E-state index contributed by atoms with van der Waals surface area (Å²) in [5.74, 6) is -0.218. The molecule has 0 spiro atoms. The molecule has 0 aromatic carbocycles. The zero-order valence-corrected chi connectivity index (χ0v) is 5.48. The molecule has 3 heteroatoms. The molecule has 0 aromatic heterocycles. The van der Waals surface area contributed by atoms with Gasteiger partial charge in [0.1, 0.15) is 0 Å². The molecule has 0 heterocycles. The number of rotatable bonds is 4. The Morgan fingerprint density at radius 2 is 2.00 bits per heavy atom. The first kappa shape index (κ1) is 8.82. The van der Waals surface area contributed by atoms with Gasteiger partial charge in [-0.2, -0.15) is 0 Å². The molecule has 56 valence electrons. The molecule has 0 aromatic rings. The zero-order chi connectivity index (χ0) is 7.28. The fraction of sp³-hybridized carbons (Fsp3) is 1.00. The Balaban J connectivity index is 3.31. The average Bonchev–Trinajstić information content (AvgIpc) is 1.82. The normalized spacial score (nSPS) is 14.3. The third kappa shape index (κ3) is 4.33. The van der Waals surface area contributed by atoms with Crippen LogP contribution in [0.5, 0.6) is 0 Å². The van der Waals surface area contributed by atoms with E-state index in [9.17, 15) is 8.78 Å². The van der Waals surface area contributed by atoms with Gasteiger partial charge in [-0.3, -0.25) is 0 Å². The Bertz CT molecular complexity index is 62.1. The highest BCUT2D eigenvalue weighted by Gasteiger charge is 2.11. The maximum absolute atomic E-state index is 11.5. The Kier molecular flexibility index (Phi) is 4.58. The van der Waals surface area contributed by atoms with Crippen molar-refractivity contribution in [3.63, 3.8) is 0 Å². The molecule has 0 aliphatic heterocycles. The lowest BCUT2D eigenvalue weighted by molar-refractivity contribution is 0.0912. The summed E-state index contributed by atoms with van der Waals surface area (Å²) < 4.78 is 23.1. The van der Waals surface area contributed by atoms with Crippen molar-refractivity contribution in [1.29, 1.82) is 0 Å².